The van der Waals surface area contributed by atoms with Gasteiger partial charge in [-0.25, -0.2) is 4.79 Å². The number of anilines is 1. The number of unbranched alkanes of at least 4 members (excludes halogenated alkanes) is 1. The SMILES string of the molecule is CC(C)(OC=O)O/N=C(/C(=O)C[C@@H]1C(=O)N2C(C(=O)O)=C(C[N+]3(CCCCC(=O)c4ccc(O)c(O)c4Cl)CCCC3)CS[C@H]12)c1nsc(N)n1.O=C=O. The van der Waals surface area contributed by atoms with Crippen LogP contribution in [0.4, 0.5) is 5.13 Å². The van der Waals surface area contributed by atoms with Crippen LogP contribution in [0.5, 0.6) is 11.5 Å². The number of quaternary nitrogens is 1. The summed E-state index contributed by atoms with van der Waals surface area (Å²) >= 11 is 8.28. The number of carboxylic acids is 1. The van der Waals surface area contributed by atoms with Gasteiger partial charge in [0, 0.05) is 68.0 Å². The monoisotopic (exact) mass is 809 g/mol. The van der Waals surface area contributed by atoms with Crippen LogP contribution in [0.15, 0.2) is 28.6 Å². The Balaban J connectivity index is 0.00000209. The number of aromatic hydroxyl groups is 2. The molecule has 1 amide bonds. The van der Waals surface area contributed by atoms with Crippen LogP contribution < -0.4 is 5.73 Å². The number of carbonyl (C=O) groups excluding carboxylic acids is 6. The van der Waals surface area contributed by atoms with Crippen LogP contribution in [0, 0.1) is 5.92 Å². The van der Waals surface area contributed by atoms with E-state index in [1.165, 1.54) is 42.6 Å². The van der Waals surface area contributed by atoms with Gasteiger partial charge in [-0.2, -0.15) is 18.9 Å². The molecule has 0 aliphatic carbocycles. The number of phenols is 2. The first kappa shape index (κ1) is 41.9. The standard InChI is InChI=1S/C32H37ClN6O10S2.CO2/c1-32(2,48-16-40)49-36-24(27-35-31(34)51-37-27)22(43)13-19-28(45)38-25(30(46)47)17(15-50-29(19)38)14-39(11-5-6-12-39)10-4-3-7-20(41)18-8-9-21(42)26(44)23(18)33;2-1-3/h8-9,16,19,29H,3-7,10-15H2,1-2H3,(H4-,34,35,36,37,41,42,43,44,46,47);/p+1/t19-,29-;/m1./s1. The Hall–Kier alpha value is -4.88. The zero-order valence-corrected chi connectivity index (χ0v) is 31.6. The van der Waals surface area contributed by atoms with E-state index in [4.69, 9.17) is 36.5 Å². The van der Waals surface area contributed by atoms with Gasteiger partial charge in [0.15, 0.2) is 33.9 Å². The maximum atomic E-state index is 13.5. The minimum absolute atomic E-state index is 0.0623. The average molecular weight is 810 g/mol. The second-order valence-corrected chi connectivity index (χ2v) is 15.4. The third-order valence-electron chi connectivity index (χ3n) is 9.09. The maximum Gasteiger partial charge on any atom is 0.373 e. The van der Waals surface area contributed by atoms with Gasteiger partial charge in [0.2, 0.25) is 11.7 Å². The van der Waals surface area contributed by atoms with Crippen molar-refractivity contribution < 1.29 is 62.9 Å². The number of nitrogens with two attached hydrogens (primary N) is 1. The van der Waals surface area contributed by atoms with Crippen molar-refractivity contribution in [2.45, 2.75) is 63.5 Å². The molecule has 3 aliphatic heterocycles. The molecule has 1 aromatic heterocycles. The number of phenolic OH excluding ortho intramolecular Hbond substituents is 2. The van der Waals surface area contributed by atoms with Crippen LogP contribution in [0.1, 0.15) is 68.6 Å². The first-order valence-electron chi connectivity index (χ1n) is 16.6. The molecular formula is C33H38ClN6O12S2+. The number of fused-ring (bicyclic) bond motifs is 1. The number of hydrogen-bond donors (Lipinski definition) is 4. The van der Waals surface area contributed by atoms with Crippen molar-refractivity contribution in [2.75, 3.05) is 37.7 Å². The molecule has 21 heteroatoms. The molecule has 290 valence electrons. The third kappa shape index (κ3) is 9.61. The number of rotatable bonds is 17. The van der Waals surface area contributed by atoms with Crippen LogP contribution in [0.25, 0.3) is 0 Å². The van der Waals surface area contributed by atoms with Crippen LogP contribution in [0.2, 0.25) is 5.02 Å². The number of benzene rings is 1. The molecule has 54 heavy (non-hydrogen) atoms. The van der Waals surface area contributed by atoms with Gasteiger partial charge in [0.25, 0.3) is 12.3 Å². The van der Waals surface area contributed by atoms with Crippen molar-refractivity contribution in [3.8, 4) is 11.5 Å². The highest BCUT2D eigenvalue weighted by atomic mass is 35.5. The number of β-lactam (4-membered cyclic amide) rings is 1. The fraction of sp³-hybridized carbons (Fsp3) is 0.485. The van der Waals surface area contributed by atoms with E-state index in [-0.39, 0.29) is 64.2 Å². The highest BCUT2D eigenvalue weighted by Gasteiger charge is 2.55. The number of carbonyl (C=O) groups is 5. The largest absolute Gasteiger partial charge is 0.504 e. The quantitative estimate of drug-likeness (QED) is 0.0206. The van der Waals surface area contributed by atoms with Crippen molar-refractivity contribution in [3.05, 3.63) is 39.8 Å². The lowest BCUT2D eigenvalue weighted by atomic mass is 9.89. The normalized spacial score (nSPS) is 19.1. The Bertz CT molecular complexity index is 1890. The molecule has 2 atom stereocenters. The van der Waals surface area contributed by atoms with Crippen molar-refractivity contribution in [1.29, 1.82) is 0 Å². The Labute approximate surface area is 321 Å². The number of carboxylic acid groups (broad SMARTS) is 1. The summed E-state index contributed by atoms with van der Waals surface area (Å²) in [5.41, 5.74) is 6.10. The van der Waals surface area contributed by atoms with Crippen molar-refractivity contribution in [1.82, 2.24) is 14.3 Å². The lowest BCUT2D eigenvalue weighted by molar-refractivity contribution is -0.912. The highest BCUT2D eigenvalue weighted by Crippen LogP contribution is 2.46. The molecule has 2 saturated heterocycles. The average Bonchev–Trinajstić information content (AvgIpc) is 3.77. The molecule has 0 unspecified atom stereocenters. The number of aromatic nitrogens is 2. The van der Waals surface area contributed by atoms with Crippen LogP contribution in [-0.4, -0.2) is 119 Å². The van der Waals surface area contributed by atoms with Gasteiger partial charge in [0.1, 0.15) is 12.2 Å². The van der Waals surface area contributed by atoms with Gasteiger partial charge in [-0.1, -0.05) is 16.8 Å². The number of oxime groups is 1. The van der Waals surface area contributed by atoms with E-state index in [1.807, 2.05) is 0 Å². The Morgan fingerprint density at radius 3 is 2.50 bits per heavy atom. The number of hydrogen-bond acceptors (Lipinski definition) is 17. The van der Waals surface area contributed by atoms with E-state index in [0.29, 0.717) is 41.7 Å². The van der Waals surface area contributed by atoms with Crippen LogP contribution in [0.3, 0.4) is 0 Å². The number of thioether (sulfide) groups is 1. The van der Waals surface area contributed by atoms with E-state index < -0.39 is 46.2 Å². The summed E-state index contributed by atoms with van der Waals surface area (Å²) in [6, 6.07) is 2.60. The molecule has 5 N–H and O–H groups in total. The van der Waals surface area contributed by atoms with E-state index in [0.717, 1.165) is 37.5 Å². The van der Waals surface area contributed by atoms with Crippen molar-refractivity contribution in [3.63, 3.8) is 0 Å². The minimum Gasteiger partial charge on any atom is -0.504 e. The fourth-order valence-electron chi connectivity index (χ4n) is 6.59. The number of ether oxygens (including phenoxy) is 1. The smallest absolute Gasteiger partial charge is 0.373 e. The van der Waals surface area contributed by atoms with E-state index >= 15 is 0 Å². The summed E-state index contributed by atoms with van der Waals surface area (Å²) in [6.07, 6.45) is 3.26. The van der Waals surface area contributed by atoms with E-state index in [1.54, 1.807) is 0 Å². The Morgan fingerprint density at radius 2 is 1.89 bits per heavy atom. The lowest BCUT2D eigenvalue weighted by Gasteiger charge is -2.50. The van der Waals surface area contributed by atoms with Gasteiger partial charge < -0.3 is 35.1 Å². The number of nitrogen functional groups attached to an aromatic ring is 1. The molecule has 0 radical (unpaired) electrons. The zero-order valence-electron chi connectivity index (χ0n) is 29.2. The molecule has 4 heterocycles. The summed E-state index contributed by atoms with van der Waals surface area (Å²) in [4.78, 5) is 90.1. The molecule has 3 aliphatic rings. The summed E-state index contributed by atoms with van der Waals surface area (Å²) in [5, 5.41) is 33.0. The second-order valence-electron chi connectivity index (χ2n) is 13.1. The second kappa shape index (κ2) is 18.0. The topological polar surface area (TPSA) is 266 Å². The number of Topliss-reactive ketones (excluding diaryl/α,β-unsaturated/α-hetero) is 2. The molecule has 2 aromatic rings. The maximum absolute atomic E-state index is 13.5. The molecular weight excluding hydrogens is 772 g/mol. The number of likely N-dealkylation sites (tertiary alicyclic amines) is 1. The van der Waals surface area contributed by atoms with Gasteiger partial charge in [-0.3, -0.25) is 24.1 Å². The van der Waals surface area contributed by atoms with Gasteiger partial charge in [-0.05, 0) is 25.0 Å². The van der Waals surface area contributed by atoms with Crippen molar-refractivity contribution in [2.24, 2.45) is 11.1 Å². The summed E-state index contributed by atoms with van der Waals surface area (Å²) in [5.74, 6) is -5.68. The fourth-order valence-corrected chi connectivity index (χ4v) is 8.69. The number of aliphatic carboxylic acids is 1. The zero-order chi connectivity index (χ0) is 39.8. The molecule has 2 fully saturated rings. The number of halogens is 1. The Morgan fingerprint density at radius 1 is 1.20 bits per heavy atom. The van der Waals surface area contributed by atoms with Gasteiger partial charge in [0.05, 0.1) is 35.9 Å². The summed E-state index contributed by atoms with van der Waals surface area (Å²) in [6.45, 7) is 5.76. The summed E-state index contributed by atoms with van der Waals surface area (Å²) in [7, 11) is 0. The van der Waals surface area contributed by atoms with E-state index in [2.05, 4.69) is 14.5 Å². The van der Waals surface area contributed by atoms with Crippen LogP contribution >= 0.6 is 34.9 Å². The molecule has 0 bridgehead atoms. The first-order chi connectivity index (χ1) is 25.6. The summed E-state index contributed by atoms with van der Waals surface area (Å²) < 4.78 is 9.48. The molecule has 18 nitrogen and oxygen atoms in total. The molecule has 1 aromatic carbocycles. The molecule has 0 saturated carbocycles. The molecule has 0 spiro atoms. The minimum atomic E-state index is -1.52. The highest BCUT2D eigenvalue weighted by molar-refractivity contribution is 8.00. The predicted molar refractivity (Wildman–Crippen MR) is 191 cm³/mol. The number of nitrogens with zero attached hydrogens (tertiary/aromatic N) is 5. The third-order valence-corrected chi connectivity index (χ3v) is 11.4. The number of amides is 1. The Kier molecular flexibility index (Phi) is 13.9. The predicted octanol–water partition coefficient (Wildman–Crippen LogP) is 2.72. The molecule has 5 rings (SSSR count). The van der Waals surface area contributed by atoms with Crippen LogP contribution in [-0.2, 0) is 38.3 Å². The van der Waals surface area contributed by atoms with Gasteiger partial charge >= 0.3 is 12.1 Å². The van der Waals surface area contributed by atoms with Gasteiger partial charge in [-0.15, -0.1) is 11.8 Å². The van der Waals surface area contributed by atoms with Crippen molar-refractivity contribution >= 4 is 81.8 Å². The number of ketones is 2. The lowest BCUT2D eigenvalue weighted by Crippen LogP contribution is -2.62. The van der Waals surface area contributed by atoms with E-state index in [9.17, 15) is 39.3 Å². The first-order valence-corrected chi connectivity index (χ1v) is 18.8.